The summed E-state index contributed by atoms with van der Waals surface area (Å²) in [6.07, 6.45) is 5.16. The lowest BCUT2D eigenvalue weighted by Crippen LogP contribution is -2.69. The molecular formula is C22H29ClO9P2+2. The summed E-state index contributed by atoms with van der Waals surface area (Å²) in [4.78, 5) is 43.5. The largest absolute Gasteiger partial charge is 0.695 e. The molecule has 3 saturated carbocycles. The number of fused-ring (bicyclic) bond motifs is 5. The highest BCUT2D eigenvalue weighted by Gasteiger charge is 2.78. The van der Waals surface area contributed by atoms with Gasteiger partial charge < -0.3 is 5.11 Å². The molecule has 12 heteroatoms. The molecule has 0 aromatic carbocycles. The first-order valence-corrected chi connectivity index (χ1v) is 13.9. The summed E-state index contributed by atoms with van der Waals surface area (Å²) < 4.78 is 34.9. The van der Waals surface area contributed by atoms with Gasteiger partial charge in [-0.3, -0.25) is 9.59 Å². The summed E-state index contributed by atoms with van der Waals surface area (Å²) in [5, 5.41) is 9.81. The van der Waals surface area contributed by atoms with Crippen LogP contribution in [0.2, 0.25) is 0 Å². The van der Waals surface area contributed by atoms with Gasteiger partial charge in [-0.25, -0.2) is 0 Å². The van der Waals surface area contributed by atoms with Crippen molar-refractivity contribution in [2.24, 2.45) is 28.6 Å². The van der Waals surface area contributed by atoms with Gasteiger partial charge in [0, 0.05) is 20.0 Å². The maximum absolute atomic E-state index is 13.2. The molecule has 0 aromatic heterocycles. The summed E-state index contributed by atoms with van der Waals surface area (Å²) >= 11 is 7.49. The Bertz CT molecular complexity index is 1030. The van der Waals surface area contributed by atoms with Crippen molar-refractivity contribution in [3.05, 3.63) is 23.8 Å². The van der Waals surface area contributed by atoms with Crippen LogP contribution in [-0.4, -0.2) is 49.6 Å². The molecule has 0 aromatic rings. The Balaban J connectivity index is 1.92. The van der Waals surface area contributed by atoms with E-state index in [1.807, 2.05) is 6.92 Å². The normalized spacial score (nSPS) is 46.2. The Labute approximate surface area is 204 Å². The maximum Gasteiger partial charge on any atom is 0.695 e. The summed E-state index contributed by atoms with van der Waals surface area (Å²) in [7, 11) is -6.29. The van der Waals surface area contributed by atoms with Gasteiger partial charge in [-0.2, -0.15) is 0 Å². The molecule has 34 heavy (non-hydrogen) atoms. The van der Waals surface area contributed by atoms with E-state index >= 15 is 0 Å². The zero-order chi connectivity index (χ0) is 25.3. The van der Waals surface area contributed by atoms with E-state index in [0.29, 0.717) is 19.3 Å². The third kappa shape index (κ3) is 3.32. The van der Waals surface area contributed by atoms with E-state index in [0.717, 1.165) is 5.57 Å². The molecule has 10 atom stereocenters. The fourth-order valence-corrected chi connectivity index (χ4v) is 9.62. The van der Waals surface area contributed by atoms with Gasteiger partial charge in [0.1, 0.15) is 12.7 Å². The highest BCUT2D eigenvalue weighted by molar-refractivity contribution is 7.32. The number of aliphatic hydroxyl groups excluding tert-OH is 1. The number of aliphatic hydroxyl groups is 1. The smallest absolute Gasteiger partial charge is 0.388 e. The van der Waals surface area contributed by atoms with Crippen molar-refractivity contribution in [2.75, 3.05) is 6.61 Å². The number of carbonyl (C=O) groups excluding carboxylic acids is 2. The first kappa shape index (κ1) is 26.2. The number of halogens is 1. The molecule has 4 aliphatic carbocycles. The fourth-order valence-electron chi connectivity index (χ4n) is 7.80. The molecule has 0 saturated heterocycles. The standard InChI is InChI=1S/C22H27ClO9P2/c1-12-8-16-15-5-4-13-9-14(25)6-7-19(13,2)21(15,23)18(31-33(27)28)10-20(16,3)22(12,17(26)11-24)32-34(29)30/h6-7,9,12,15-16,18,24H,4-5,8,10-11H2,1-3H3/p+2/t12-,15-,16-,18-,19-,20-,21-,22-/m0/s1. The minimum atomic E-state index is -3.20. The summed E-state index contributed by atoms with van der Waals surface area (Å²) in [6, 6.07) is 0. The first-order chi connectivity index (χ1) is 15.8. The van der Waals surface area contributed by atoms with E-state index in [1.54, 1.807) is 26.0 Å². The predicted octanol–water partition coefficient (Wildman–Crippen LogP) is 3.51. The van der Waals surface area contributed by atoms with Gasteiger partial charge in [-0.05, 0) is 55.6 Å². The molecule has 4 aliphatic rings. The molecule has 0 radical (unpaired) electrons. The fraction of sp³-hybridized carbons (Fsp3) is 0.727. The number of allylic oxidation sites excluding steroid dienone is 4. The number of hydrogen-bond acceptors (Lipinski definition) is 7. The number of ketones is 2. The Morgan fingerprint density at radius 2 is 1.91 bits per heavy atom. The van der Waals surface area contributed by atoms with Gasteiger partial charge >= 0.3 is 16.5 Å². The monoisotopic (exact) mass is 534 g/mol. The van der Waals surface area contributed by atoms with Crippen molar-refractivity contribution in [2.45, 2.75) is 63.0 Å². The van der Waals surface area contributed by atoms with Crippen LogP contribution in [0.3, 0.4) is 0 Å². The molecule has 9 nitrogen and oxygen atoms in total. The lowest BCUT2D eigenvalue weighted by molar-refractivity contribution is -0.170. The van der Waals surface area contributed by atoms with E-state index < -0.39 is 62.2 Å². The molecular weight excluding hydrogens is 506 g/mol. The number of rotatable bonds is 6. The van der Waals surface area contributed by atoms with Crippen molar-refractivity contribution in [3.8, 4) is 0 Å². The lowest BCUT2D eigenvalue weighted by Gasteiger charge is -2.63. The van der Waals surface area contributed by atoms with Gasteiger partial charge in [0.25, 0.3) is 0 Å². The molecule has 0 spiro atoms. The first-order valence-electron chi connectivity index (χ1n) is 11.2. The minimum Gasteiger partial charge on any atom is -0.388 e. The topological polar surface area (TPSA) is 147 Å². The molecule has 0 aliphatic heterocycles. The van der Waals surface area contributed by atoms with E-state index in [4.69, 9.17) is 20.6 Å². The Morgan fingerprint density at radius 1 is 1.24 bits per heavy atom. The molecule has 2 unspecified atom stereocenters. The molecule has 0 heterocycles. The number of Topliss-reactive ketones (excluding diaryl/α,β-unsaturated/α-hetero) is 1. The van der Waals surface area contributed by atoms with E-state index in [1.165, 1.54) is 6.08 Å². The quantitative estimate of drug-likeness (QED) is 0.344. The number of hydrogen-bond donors (Lipinski definition) is 3. The predicted molar refractivity (Wildman–Crippen MR) is 122 cm³/mol. The molecule has 3 fully saturated rings. The third-order valence-corrected chi connectivity index (χ3v) is 10.9. The Hall–Kier alpha value is -0.890. The van der Waals surface area contributed by atoms with Gasteiger partial charge in [-0.15, -0.1) is 30.4 Å². The SMILES string of the molecule is C[C@H]1C[C@H]2[C@@H]3CCC4=CC(=O)C=C[C@]4(C)[C@@]3(Cl)[C@@H](O[P+](=O)O)C[C@]2(C)[C@@]1(O[P+](=O)O)C(=O)CO. The second-order valence-electron chi connectivity index (χ2n) is 10.4. The highest BCUT2D eigenvalue weighted by atomic mass is 35.5. The van der Waals surface area contributed by atoms with Crippen molar-refractivity contribution < 1.29 is 42.7 Å². The second kappa shape index (κ2) is 8.60. The average Bonchev–Trinajstić information content (AvgIpc) is 2.96. The Morgan fingerprint density at radius 3 is 2.50 bits per heavy atom. The number of alkyl halides is 1. The van der Waals surface area contributed by atoms with Crippen LogP contribution in [0.4, 0.5) is 0 Å². The summed E-state index contributed by atoms with van der Waals surface area (Å²) in [6.45, 7) is 4.49. The average molecular weight is 535 g/mol. The van der Waals surface area contributed by atoms with Crippen molar-refractivity contribution in [3.63, 3.8) is 0 Å². The third-order valence-electron chi connectivity index (χ3n) is 9.15. The van der Waals surface area contributed by atoms with Crippen LogP contribution >= 0.6 is 28.1 Å². The van der Waals surface area contributed by atoms with Crippen molar-refractivity contribution in [1.29, 1.82) is 0 Å². The van der Waals surface area contributed by atoms with Crippen LogP contribution in [0.15, 0.2) is 23.8 Å². The summed E-state index contributed by atoms with van der Waals surface area (Å²) in [5.74, 6) is -2.04. The second-order valence-corrected chi connectivity index (χ2v) is 12.3. The zero-order valence-electron chi connectivity index (χ0n) is 19.1. The van der Waals surface area contributed by atoms with Crippen LogP contribution in [0.1, 0.15) is 46.5 Å². The van der Waals surface area contributed by atoms with E-state index in [9.17, 15) is 33.6 Å². The van der Waals surface area contributed by atoms with E-state index in [2.05, 4.69) is 0 Å². The van der Waals surface area contributed by atoms with Crippen LogP contribution in [0.5, 0.6) is 0 Å². The molecule has 0 amide bonds. The van der Waals surface area contributed by atoms with E-state index in [-0.39, 0.29) is 24.0 Å². The van der Waals surface area contributed by atoms with Crippen molar-refractivity contribution >= 4 is 39.7 Å². The summed E-state index contributed by atoms with van der Waals surface area (Å²) in [5.41, 5.74) is -2.97. The van der Waals surface area contributed by atoms with Crippen LogP contribution in [0, 0.1) is 28.6 Å². The number of carbonyl (C=O) groups is 2. The van der Waals surface area contributed by atoms with Gasteiger partial charge in [0.15, 0.2) is 17.2 Å². The van der Waals surface area contributed by atoms with Gasteiger partial charge in [0.05, 0.1) is 4.87 Å². The lowest BCUT2D eigenvalue weighted by atomic mass is 9.45. The molecule has 186 valence electrons. The zero-order valence-corrected chi connectivity index (χ0v) is 21.7. The van der Waals surface area contributed by atoms with Crippen LogP contribution in [-0.2, 0) is 27.8 Å². The molecule has 0 bridgehead atoms. The molecule has 4 rings (SSSR count). The highest BCUT2D eigenvalue weighted by Crippen LogP contribution is 2.73. The van der Waals surface area contributed by atoms with Gasteiger partial charge in [-0.1, -0.05) is 32.4 Å². The van der Waals surface area contributed by atoms with Crippen LogP contribution in [0.25, 0.3) is 0 Å². The minimum absolute atomic E-state index is 0.0246. The molecule has 3 N–H and O–H groups in total. The maximum atomic E-state index is 13.2. The van der Waals surface area contributed by atoms with Gasteiger partial charge in [0.2, 0.25) is 0 Å². The Kier molecular flexibility index (Phi) is 6.62. The van der Waals surface area contributed by atoms with Crippen molar-refractivity contribution in [1.82, 2.24) is 0 Å². The van der Waals surface area contributed by atoms with Crippen LogP contribution < -0.4 is 0 Å².